The van der Waals surface area contributed by atoms with Gasteiger partial charge in [-0.05, 0) is 16.8 Å². The summed E-state index contributed by atoms with van der Waals surface area (Å²) in [5, 5.41) is 0. The Kier molecular flexibility index (Phi) is 2.24. The maximum absolute atomic E-state index is 5.07. The molecule has 0 aromatic carbocycles. The van der Waals surface area contributed by atoms with Crippen LogP contribution in [0.1, 0.15) is 0 Å². The summed E-state index contributed by atoms with van der Waals surface area (Å²) in [5.74, 6) is 5.07. The van der Waals surface area contributed by atoms with Crippen molar-refractivity contribution in [2.24, 2.45) is 5.84 Å². The minimum Gasteiger partial charge on any atom is -0.257 e. The molecule has 0 aromatic rings. The average Bonchev–Trinajstić information content (AvgIpc) is 1.58. The van der Waals surface area contributed by atoms with Crippen molar-refractivity contribution in [1.29, 1.82) is 0 Å². The molecule has 1 rings (SSSR count). The van der Waals surface area contributed by atoms with E-state index in [1.54, 1.807) is 0 Å². The van der Waals surface area contributed by atoms with Crippen molar-refractivity contribution in [1.82, 2.24) is 10.1 Å². The summed E-state index contributed by atoms with van der Waals surface area (Å²) in [6.07, 6.45) is 3.93. The summed E-state index contributed by atoms with van der Waals surface area (Å²) in [6.45, 7) is -0.165. The number of hydrazine groups is 2. The second kappa shape index (κ2) is 2.55. The molecule has 2 atom stereocenters. The predicted molar refractivity (Wildman–Crippen MR) is 41.2 cm³/mol. The molecule has 0 saturated carbocycles. The van der Waals surface area contributed by atoms with E-state index in [0.717, 1.165) is 16.8 Å². The van der Waals surface area contributed by atoms with Crippen molar-refractivity contribution in [3.8, 4) is 0 Å². The third-order valence-electron chi connectivity index (χ3n) is 0.623. The standard InChI is InChI=1S/CH8N3P3/c1-7-5-4(3-2)6-7/h3,5-7H,1-2H2. The van der Waals surface area contributed by atoms with E-state index < -0.39 is 0 Å². The smallest absolute Gasteiger partial charge is 0.00136 e. The summed E-state index contributed by atoms with van der Waals surface area (Å²) in [7, 11) is 1.77. The van der Waals surface area contributed by atoms with Gasteiger partial charge in [-0.2, -0.15) is 10.1 Å². The third-order valence-corrected chi connectivity index (χ3v) is 8.85. The maximum Gasteiger partial charge on any atom is -0.00136 e. The van der Waals surface area contributed by atoms with Crippen LogP contribution >= 0.6 is 23.8 Å². The van der Waals surface area contributed by atoms with Crippen LogP contribution in [0.5, 0.6) is 0 Å². The van der Waals surface area contributed by atoms with Crippen LogP contribution in [0.3, 0.4) is 0 Å². The van der Waals surface area contributed by atoms with Gasteiger partial charge in [0, 0.05) is 0 Å². The van der Waals surface area contributed by atoms with E-state index in [2.05, 4.69) is 11.8 Å². The van der Waals surface area contributed by atoms with E-state index in [4.69, 9.17) is 5.84 Å². The predicted octanol–water partition coefficient (Wildman–Crippen LogP) is 0.343. The lowest BCUT2D eigenvalue weighted by Crippen LogP contribution is -2.32. The van der Waals surface area contributed by atoms with Crippen molar-refractivity contribution in [3.63, 3.8) is 0 Å². The highest BCUT2D eigenvalue weighted by Crippen LogP contribution is 2.75. The zero-order valence-corrected chi connectivity index (χ0v) is 6.73. The molecule has 3 nitrogen and oxygen atoms in total. The van der Waals surface area contributed by atoms with E-state index in [1.807, 2.05) is 4.55 Å². The summed E-state index contributed by atoms with van der Waals surface area (Å²) in [5.41, 5.74) is 2.58. The number of hydrogen-bond donors (Lipinski definition) is 2. The Morgan fingerprint density at radius 2 is 2.29 bits per heavy atom. The molecule has 1 aliphatic heterocycles. The molecule has 1 heterocycles. The van der Waals surface area contributed by atoms with E-state index in [1.165, 1.54) is 0 Å². The Morgan fingerprint density at radius 1 is 1.71 bits per heavy atom. The second-order valence-electron chi connectivity index (χ2n) is 1.17. The zero-order valence-electron chi connectivity index (χ0n) is 3.73. The van der Waals surface area contributed by atoms with Crippen molar-refractivity contribution in [2.45, 2.75) is 0 Å². The maximum atomic E-state index is 5.07. The van der Waals surface area contributed by atoms with E-state index in [-0.39, 0.29) is 6.92 Å². The Labute approximate surface area is 46.8 Å². The van der Waals surface area contributed by atoms with Crippen molar-refractivity contribution >= 4 is 30.1 Å². The van der Waals surface area contributed by atoms with E-state index >= 15 is 0 Å². The monoisotopic (exact) mass is 155 g/mol. The van der Waals surface area contributed by atoms with Gasteiger partial charge in [0.15, 0.2) is 0 Å². The molecule has 1 aliphatic rings. The molecule has 0 spiro atoms. The largest absolute Gasteiger partial charge is 0.257 e. The first-order valence-corrected chi connectivity index (χ1v) is 7.41. The quantitative estimate of drug-likeness (QED) is 0.326. The van der Waals surface area contributed by atoms with Crippen LogP contribution in [0.2, 0.25) is 0 Å². The summed E-state index contributed by atoms with van der Waals surface area (Å²) < 4.78 is 2.02. The van der Waals surface area contributed by atoms with Gasteiger partial charge in [-0.25, -0.2) is 0 Å². The molecule has 7 heavy (non-hydrogen) atoms. The van der Waals surface area contributed by atoms with Crippen LogP contribution < -0.4 is 11.4 Å². The molecule has 0 radical (unpaired) electrons. The molecule has 3 N–H and O–H groups in total. The summed E-state index contributed by atoms with van der Waals surface area (Å²) in [6, 6.07) is 0. The fourth-order valence-electron chi connectivity index (χ4n) is 0.334. The Balaban J connectivity index is 2.17. The Bertz CT molecular complexity index is 84.2. The van der Waals surface area contributed by atoms with Gasteiger partial charge in [0.2, 0.25) is 0 Å². The first kappa shape index (κ1) is 6.16. The normalized spacial score (nSPS) is 39.3. The molecular formula is CH8N3P3. The van der Waals surface area contributed by atoms with Gasteiger partial charge in [0.05, 0.1) is 0 Å². The zero-order chi connectivity index (χ0) is 5.28. The highest BCUT2D eigenvalue weighted by molar-refractivity contribution is 8.56. The minimum absolute atomic E-state index is 0.165. The molecule has 0 bridgehead atoms. The number of rotatable bonds is 1. The molecule has 2 unspecified atom stereocenters. The minimum atomic E-state index is -0.165. The fraction of sp³-hybridized carbons (Fsp3) is 0. The van der Waals surface area contributed by atoms with Gasteiger partial charge >= 0.3 is 0 Å². The van der Waals surface area contributed by atoms with E-state index in [0.29, 0.717) is 0 Å². The van der Waals surface area contributed by atoms with Crippen molar-refractivity contribution < 1.29 is 0 Å². The molecule has 0 aliphatic carbocycles. The molecule has 1 fully saturated rings. The molecule has 0 aromatic heterocycles. The lowest BCUT2D eigenvalue weighted by molar-refractivity contribution is 0.549. The highest BCUT2D eigenvalue weighted by Gasteiger charge is 2.14. The lowest BCUT2D eigenvalue weighted by atomic mass is 12.0. The van der Waals surface area contributed by atoms with Crippen LogP contribution in [-0.2, 0) is 0 Å². The van der Waals surface area contributed by atoms with Crippen LogP contribution in [0.4, 0.5) is 0 Å². The molecular weight excluding hydrogens is 147 g/mol. The number of nitrogens with one attached hydrogen (secondary N) is 1. The van der Waals surface area contributed by atoms with Gasteiger partial charge < -0.3 is 0 Å². The van der Waals surface area contributed by atoms with Crippen LogP contribution in [0.25, 0.3) is 0 Å². The third kappa shape index (κ3) is 1.47. The fourth-order valence-corrected chi connectivity index (χ4v) is 6.45. The summed E-state index contributed by atoms with van der Waals surface area (Å²) >= 11 is 0. The lowest BCUT2D eigenvalue weighted by Gasteiger charge is -2.31. The van der Waals surface area contributed by atoms with Crippen molar-refractivity contribution in [3.05, 3.63) is 0 Å². The van der Waals surface area contributed by atoms with Gasteiger partial charge in [-0.15, -0.1) is 0 Å². The highest BCUT2D eigenvalue weighted by atomic mass is 32.5. The topological polar surface area (TPSA) is 41.3 Å². The van der Waals surface area contributed by atoms with E-state index in [9.17, 15) is 0 Å². The second-order valence-corrected chi connectivity index (χ2v) is 10.4. The molecule has 0 amide bonds. The van der Waals surface area contributed by atoms with Crippen LogP contribution in [-0.4, -0.2) is 10.8 Å². The van der Waals surface area contributed by atoms with Crippen molar-refractivity contribution in [2.75, 3.05) is 0 Å². The van der Waals surface area contributed by atoms with Gasteiger partial charge in [0.1, 0.15) is 0 Å². The van der Waals surface area contributed by atoms with Crippen LogP contribution in [0, 0.1) is 0 Å². The van der Waals surface area contributed by atoms with Gasteiger partial charge in [0.25, 0.3) is 0 Å². The Hall–Kier alpha value is 1.04. The summed E-state index contributed by atoms with van der Waals surface area (Å²) in [4.78, 5) is 0. The van der Waals surface area contributed by atoms with Crippen LogP contribution in [0.15, 0.2) is 0 Å². The first-order valence-electron chi connectivity index (χ1n) is 1.81. The number of hydrogen-bond acceptors (Lipinski definition) is 3. The molecule has 1 saturated heterocycles. The first-order chi connectivity index (χ1) is 3.33. The SMILES string of the molecule is C=[PH]1PN(NN)P1. The Morgan fingerprint density at radius 3 is 2.43 bits per heavy atom. The molecule has 6 heteroatoms. The average molecular weight is 155 g/mol. The van der Waals surface area contributed by atoms with Gasteiger partial charge in [-0.3, -0.25) is 5.84 Å². The van der Waals surface area contributed by atoms with Gasteiger partial charge in [-0.1, -0.05) is 13.2 Å². The number of nitrogens with two attached hydrogens (primary N) is 1. The number of nitrogens with zero attached hydrogens (tertiary/aromatic N) is 1. The molecule has 42 valence electrons.